The maximum atomic E-state index is 13.1. The van der Waals surface area contributed by atoms with Gasteiger partial charge in [-0.1, -0.05) is 12.1 Å². The molecule has 2 aromatic rings. The van der Waals surface area contributed by atoms with Gasteiger partial charge in [-0.3, -0.25) is 24.7 Å². The van der Waals surface area contributed by atoms with Crippen LogP contribution >= 0.6 is 0 Å². The van der Waals surface area contributed by atoms with Gasteiger partial charge in [-0.15, -0.1) is 0 Å². The third-order valence-corrected chi connectivity index (χ3v) is 4.22. The standard InChI is InChI=1S/C21H17F5N4O5/c1-29(17-6-2-3-7-18(17)35-20(22)23)28-16(5-4-8-31)19(32)27-12-13-9-14(21(24,25)26)11-15(10-13)30(33)34/h2-11,20H,12H2,1H3,(H,27,32)/b5-4-,28-16+. The number of alkyl halides is 5. The van der Waals surface area contributed by atoms with Crippen molar-refractivity contribution >= 4 is 29.3 Å². The first kappa shape index (κ1) is 26.9. The van der Waals surface area contributed by atoms with Crippen molar-refractivity contribution in [2.75, 3.05) is 12.1 Å². The van der Waals surface area contributed by atoms with E-state index < -0.39 is 47.1 Å². The maximum Gasteiger partial charge on any atom is 0.416 e. The predicted octanol–water partition coefficient (Wildman–Crippen LogP) is 4.08. The molecule has 0 spiro atoms. The lowest BCUT2D eigenvalue weighted by Gasteiger charge is -2.18. The van der Waals surface area contributed by atoms with Crippen LogP contribution in [0.5, 0.6) is 5.75 Å². The molecular formula is C21H17F5N4O5. The van der Waals surface area contributed by atoms with Gasteiger partial charge >= 0.3 is 12.8 Å². The molecule has 0 aliphatic heterocycles. The van der Waals surface area contributed by atoms with Gasteiger partial charge in [-0.2, -0.15) is 27.1 Å². The lowest BCUT2D eigenvalue weighted by Crippen LogP contribution is -2.31. The number of nitrogens with one attached hydrogen (secondary N) is 1. The minimum atomic E-state index is -4.86. The zero-order chi connectivity index (χ0) is 26.2. The van der Waals surface area contributed by atoms with Gasteiger partial charge in [-0.05, 0) is 35.9 Å². The molecule has 0 saturated heterocycles. The number of nitro groups is 1. The average molecular weight is 500 g/mol. The molecule has 0 aliphatic carbocycles. The van der Waals surface area contributed by atoms with Crippen LogP contribution in [0.15, 0.2) is 59.7 Å². The number of hydrogen-bond donors (Lipinski definition) is 1. The smallest absolute Gasteiger partial charge is 0.416 e. The van der Waals surface area contributed by atoms with Gasteiger partial charge < -0.3 is 10.1 Å². The van der Waals surface area contributed by atoms with E-state index in [1.54, 1.807) is 0 Å². The van der Waals surface area contributed by atoms with Gasteiger partial charge in [-0.25, -0.2) is 0 Å². The number of allylic oxidation sites excluding steroid dienone is 1. The van der Waals surface area contributed by atoms with Gasteiger partial charge in [0, 0.05) is 25.7 Å². The number of carbonyl (C=O) groups excluding carboxylic acids is 2. The highest BCUT2D eigenvalue weighted by molar-refractivity contribution is 6.43. The minimum Gasteiger partial charge on any atom is -0.433 e. The number of carbonyl (C=O) groups is 2. The molecule has 1 amide bonds. The molecule has 0 aromatic heterocycles. The molecule has 2 rings (SSSR count). The maximum absolute atomic E-state index is 13.1. The molecule has 0 heterocycles. The quantitative estimate of drug-likeness (QED) is 0.131. The molecule has 2 aromatic carbocycles. The summed E-state index contributed by atoms with van der Waals surface area (Å²) in [6.45, 7) is -3.69. The number of para-hydroxylation sites is 2. The molecule has 0 unspecified atom stereocenters. The summed E-state index contributed by atoms with van der Waals surface area (Å²) in [5, 5.41) is 18.2. The Morgan fingerprint density at radius 3 is 2.54 bits per heavy atom. The van der Waals surface area contributed by atoms with Crippen LogP contribution in [0.3, 0.4) is 0 Å². The fourth-order valence-corrected chi connectivity index (χ4v) is 2.74. The van der Waals surface area contributed by atoms with Crippen LogP contribution in [0.25, 0.3) is 0 Å². The monoisotopic (exact) mass is 500 g/mol. The number of nitrogens with zero attached hydrogens (tertiary/aromatic N) is 3. The largest absolute Gasteiger partial charge is 0.433 e. The first-order chi connectivity index (χ1) is 16.4. The molecule has 9 nitrogen and oxygen atoms in total. The van der Waals surface area contributed by atoms with Crippen molar-refractivity contribution < 1.29 is 41.2 Å². The number of halogens is 5. The highest BCUT2D eigenvalue weighted by atomic mass is 19.4. The van der Waals surface area contributed by atoms with Gasteiger partial charge in [0.2, 0.25) is 0 Å². The number of ether oxygens (including phenoxy) is 1. The van der Waals surface area contributed by atoms with E-state index >= 15 is 0 Å². The van der Waals surface area contributed by atoms with Crippen LogP contribution in [0.2, 0.25) is 0 Å². The van der Waals surface area contributed by atoms with Crippen molar-refractivity contribution in [3.8, 4) is 5.75 Å². The molecule has 0 atom stereocenters. The molecular weight excluding hydrogens is 483 g/mol. The number of non-ortho nitro benzene ring substituents is 1. The molecule has 1 N–H and O–H groups in total. The van der Waals surface area contributed by atoms with Gasteiger partial charge in [0.1, 0.15) is 17.7 Å². The van der Waals surface area contributed by atoms with Gasteiger partial charge in [0.05, 0.1) is 10.5 Å². The van der Waals surface area contributed by atoms with Gasteiger partial charge in [0.25, 0.3) is 11.6 Å². The zero-order valence-corrected chi connectivity index (χ0v) is 17.8. The Hall–Kier alpha value is -4.36. The Kier molecular flexibility index (Phi) is 8.97. The third-order valence-electron chi connectivity index (χ3n) is 4.22. The molecule has 0 aliphatic rings. The Balaban J connectivity index is 2.31. The second kappa shape index (κ2) is 11.7. The SMILES string of the molecule is CN(/N=C(\C=C/C=O)C(=O)NCc1cc([N+](=O)[O-])cc(C(F)(F)F)c1)c1ccccc1OC(F)F. The van der Waals surface area contributed by atoms with Crippen molar-refractivity contribution in [3.05, 3.63) is 75.9 Å². The molecule has 14 heteroatoms. The van der Waals surface area contributed by atoms with E-state index in [0.717, 1.165) is 23.2 Å². The molecule has 0 saturated carbocycles. The Morgan fingerprint density at radius 1 is 1.26 bits per heavy atom. The Labute approximate surface area is 194 Å². The highest BCUT2D eigenvalue weighted by Crippen LogP contribution is 2.32. The molecule has 0 fully saturated rings. The van der Waals surface area contributed by atoms with Gasteiger partial charge in [0.15, 0.2) is 5.75 Å². The number of amides is 1. The second-order valence-electron chi connectivity index (χ2n) is 6.68. The number of hydrogen-bond acceptors (Lipinski definition) is 7. The van der Waals surface area contributed by atoms with Crippen molar-refractivity contribution in [2.24, 2.45) is 5.10 Å². The van der Waals surface area contributed by atoms with E-state index in [2.05, 4.69) is 15.2 Å². The van der Waals surface area contributed by atoms with E-state index in [1.807, 2.05) is 0 Å². The zero-order valence-electron chi connectivity index (χ0n) is 17.8. The van der Waals surface area contributed by atoms with Crippen molar-refractivity contribution in [3.63, 3.8) is 0 Å². The van der Waals surface area contributed by atoms with Crippen molar-refractivity contribution in [2.45, 2.75) is 19.3 Å². The molecule has 0 bridgehead atoms. The van der Waals surface area contributed by atoms with E-state index in [4.69, 9.17) is 0 Å². The first-order valence-electron chi connectivity index (χ1n) is 9.54. The lowest BCUT2D eigenvalue weighted by atomic mass is 10.1. The molecule has 0 radical (unpaired) electrons. The van der Waals surface area contributed by atoms with Crippen LogP contribution in [-0.4, -0.2) is 36.5 Å². The van der Waals surface area contributed by atoms with Crippen LogP contribution in [0.1, 0.15) is 11.1 Å². The highest BCUT2D eigenvalue weighted by Gasteiger charge is 2.32. The van der Waals surface area contributed by atoms with Crippen molar-refractivity contribution in [1.29, 1.82) is 0 Å². The number of rotatable bonds is 10. The topological polar surface area (TPSA) is 114 Å². The predicted molar refractivity (Wildman–Crippen MR) is 114 cm³/mol. The van der Waals surface area contributed by atoms with Crippen LogP contribution in [0, 0.1) is 10.1 Å². The van der Waals surface area contributed by atoms with E-state index in [-0.39, 0.29) is 17.0 Å². The van der Waals surface area contributed by atoms with E-state index in [0.29, 0.717) is 18.4 Å². The number of hydrazone groups is 1. The fourth-order valence-electron chi connectivity index (χ4n) is 2.74. The lowest BCUT2D eigenvalue weighted by molar-refractivity contribution is -0.385. The number of nitro benzene ring substituents is 1. The third kappa shape index (κ3) is 7.87. The second-order valence-corrected chi connectivity index (χ2v) is 6.68. The summed E-state index contributed by atoms with van der Waals surface area (Å²) in [6, 6.07) is 7.36. The number of anilines is 1. The number of benzene rings is 2. The Bertz CT molecular complexity index is 1150. The van der Waals surface area contributed by atoms with Crippen LogP contribution in [-0.2, 0) is 22.3 Å². The van der Waals surface area contributed by atoms with Crippen LogP contribution < -0.4 is 15.1 Å². The summed E-state index contributed by atoms with van der Waals surface area (Å²) in [7, 11) is 1.30. The summed E-state index contributed by atoms with van der Waals surface area (Å²) in [4.78, 5) is 33.3. The average Bonchev–Trinajstić information content (AvgIpc) is 2.79. The fraction of sp³-hybridized carbons (Fsp3) is 0.190. The van der Waals surface area contributed by atoms with Crippen molar-refractivity contribution in [1.82, 2.24) is 5.32 Å². The number of aldehydes is 1. The van der Waals surface area contributed by atoms with E-state index in [1.165, 1.54) is 31.3 Å². The summed E-state index contributed by atoms with van der Waals surface area (Å²) >= 11 is 0. The molecule has 186 valence electrons. The first-order valence-corrected chi connectivity index (χ1v) is 9.54. The normalized spacial score (nSPS) is 12.0. The summed E-state index contributed by atoms with van der Waals surface area (Å²) in [5.41, 5.74) is -2.71. The summed E-state index contributed by atoms with van der Waals surface area (Å²) in [5.74, 6) is -1.23. The molecule has 35 heavy (non-hydrogen) atoms. The van der Waals surface area contributed by atoms with Crippen LogP contribution in [0.4, 0.5) is 33.3 Å². The van der Waals surface area contributed by atoms with E-state index in [9.17, 15) is 41.7 Å². The summed E-state index contributed by atoms with van der Waals surface area (Å²) < 4.78 is 68.9. The Morgan fingerprint density at radius 2 is 1.94 bits per heavy atom. The summed E-state index contributed by atoms with van der Waals surface area (Å²) in [6.07, 6.45) is -2.65. The minimum absolute atomic E-state index is 0.0334.